The Morgan fingerprint density at radius 1 is 1.25 bits per heavy atom. The average Bonchev–Trinajstić information content (AvgIpc) is 2.24. The lowest BCUT2D eigenvalue weighted by Gasteiger charge is -2.05. The molecule has 2 aromatic rings. The third-order valence-electron chi connectivity index (χ3n) is 2.32. The third-order valence-corrected chi connectivity index (χ3v) is 2.53. The van der Waals surface area contributed by atoms with Crippen molar-refractivity contribution in [1.29, 1.82) is 0 Å². The normalized spacial score (nSPS) is 10.4. The molecule has 0 fully saturated rings. The minimum absolute atomic E-state index is 0.189. The lowest BCUT2D eigenvalue weighted by atomic mass is 10.1. The van der Waals surface area contributed by atoms with Crippen LogP contribution in [0.5, 0.6) is 0 Å². The summed E-state index contributed by atoms with van der Waals surface area (Å²) in [5.41, 5.74) is 0.879. The molecule has 0 spiro atoms. The predicted octanol–water partition coefficient (Wildman–Crippen LogP) is 2.55. The Bertz CT molecular complexity index is 645. The van der Waals surface area contributed by atoms with Gasteiger partial charge < -0.3 is 4.98 Å². The molecule has 5 heteroatoms. The SMILES string of the molecule is Cc1c(-c2ccccc2F)[nH]c(=S)[nH]c1=O. The number of hydrogen-bond donors (Lipinski definition) is 2. The molecule has 0 atom stereocenters. The molecule has 0 saturated heterocycles. The first-order valence-corrected chi connectivity index (χ1v) is 5.08. The van der Waals surface area contributed by atoms with Crippen molar-refractivity contribution in [1.82, 2.24) is 9.97 Å². The van der Waals surface area contributed by atoms with Gasteiger partial charge in [0.25, 0.3) is 5.56 Å². The van der Waals surface area contributed by atoms with Crippen molar-refractivity contribution in [3.05, 3.63) is 50.8 Å². The third kappa shape index (κ3) is 1.81. The van der Waals surface area contributed by atoms with Crippen LogP contribution < -0.4 is 5.56 Å². The molecule has 0 saturated carbocycles. The quantitative estimate of drug-likeness (QED) is 0.747. The van der Waals surface area contributed by atoms with E-state index in [4.69, 9.17) is 12.2 Å². The summed E-state index contributed by atoms with van der Waals surface area (Å²) in [6.07, 6.45) is 0. The molecule has 1 heterocycles. The number of nitrogens with one attached hydrogen (secondary N) is 2. The highest BCUT2D eigenvalue weighted by Crippen LogP contribution is 2.21. The highest BCUT2D eigenvalue weighted by molar-refractivity contribution is 7.71. The van der Waals surface area contributed by atoms with Gasteiger partial charge in [0.1, 0.15) is 5.82 Å². The minimum Gasteiger partial charge on any atom is -0.331 e. The second kappa shape index (κ2) is 4.02. The van der Waals surface area contributed by atoms with E-state index in [1.807, 2.05) is 0 Å². The predicted molar refractivity (Wildman–Crippen MR) is 62.4 cm³/mol. The van der Waals surface area contributed by atoms with Gasteiger partial charge in [-0.25, -0.2) is 4.39 Å². The molecular formula is C11H9FN2OS. The monoisotopic (exact) mass is 236 g/mol. The lowest BCUT2D eigenvalue weighted by molar-refractivity contribution is 0.630. The number of rotatable bonds is 1. The van der Waals surface area contributed by atoms with E-state index in [0.29, 0.717) is 16.8 Å². The van der Waals surface area contributed by atoms with Gasteiger partial charge in [-0.15, -0.1) is 0 Å². The Balaban J connectivity index is 2.80. The zero-order valence-corrected chi connectivity index (χ0v) is 9.32. The van der Waals surface area contributed by atoms with Gasteiger partial charge in [0, 0.05) is 11.1 Å². The Labute approximate surface area is 96.0 Å². The van der Waals surface area contributed by atoms with Crippen LogP contribution in [0, 0.1) is 17.5 Å². The molecule has 0 radical (unpaired) electrons. The smallest absolute Gasteiger partial charge is 0.255 e. The second-order valence-electron chi connectivity index (χ2n) is 3.39. The number of hydrogen-bond acceptors (Lipinski definition) is 2. The molecule has 0 bridgehead atoms. The van der Waals surface area contributed by atoms with Gasteiger partial charge in [0.2, 0.25) is 0 Å². The standard InChI is InChI=1S/C11H9FN2OS/c1-6-9(13-11(16)14-10(6)15)7-4-2-3-5-8(7)12/h2-5H,1H3,(H2,13,14,15,16). The zero-order valence-electron chi connectivity index (χ0n) is 8.50. The molecule has 0 aliphatic carbocycles. The Morgan fingerprint density at radius 2 is 1.94 bits per heavy atom. The van der Waals surface area contributed by atoms with E-state index >= 15 is 0 Å². The van der Waals surface area contributed by atoms with Crippen molar-refractivity contribution in [3.63, 3.8) is 0 Å². The highest BCUT2D eigenvalue weighted by Gasteiger charge is 2.09. The number of aromatic amines is 2. The van der Waals surface area contributed by atoms with Gasteiger partial charge in [-0.1, -0.05) is 12.1 Å². The van der Waals surface area contributed by atoms with Gasteiger partial charge >= 0.3 is 0 Å². The van der Waals surface area contributed by atoms with E-state index in [1.54, 1.807) is 25.1 Å². The van der Waals surface area contributed by atoms with E-state index in [2.05, 4.69) is 9.97 Å². The lowest BCUT2D eigenvalue weighted by Crippen LogP contribution is -2.13. The van der Waals surface area contributed by atoms with Crippen LogP contribution in [0.1, 0.15) is 5.56 Å². The largest absolute Gasteiger partial charge is 0.331 e. The van der Waals surface area contributed by atoms with Crippen molar-refractivity contribution in [2.45, 2.75) is 6.92 Å². The fourth-order valence-corrected chi connectivity index (χ4v) is 1.68. The first-order valence-electron chi connectivity index (χ1n) is 4.67. The van der Waals surface area contributed by atoms with Crippen molar-refractivity contribution in [2.24, 2.45) is 0 Å². The minimum atomic E-state index is -0.387. The van der Waals surface area contributed by atoms with Crippen LogP contribution in [0.15, 0.2) is 29.1 Å². The van der Waals surface area contributed by atoms with Crippen LogP contribution in [-0.2, 0) is 0 Å². The highest BCUT2D eigenvalue weighted by atomic mass is 32.1. The maximum Gasteiger partial charge on any atom is 0.255 e. The van der Waals surface area contributed by atoms with Crippen molar-refractivity contribution < 1.29 is 4.39 Å². The summed E-state index contributed by atoms with van der Waals surface area (Å²) in [5.74, 6) is -0.387. The fraction of sp³-hybridized carbons (Fsp3) is 0.0909. The summed E-state index contributed by atoms with van der Waals surface area (Å²) in [7, 11) is 0. The topological polar surface area (TPSA) is 48.6 Å². The van der Waals surface area contributed by atoms with Crippen LogP contribution in [0.25, 0.3) is 11.3 Å². The Morgan fingerprint density at radius 3 is 2.62 bits per heavy atom. The van der Waals surface area contributed by atoms with Crippen molar-refractivity contribution in [2.75, 3.05) is 0 Å². The summed E-state index contributed by atoms with van der Waals surface area (Å²) in [5, 5.41) is 0. The van der Waals surface area contributed by atoms with Crippen molar-refractivity contribution in [3.8, 4) is 11.3 Å². The van der Waals surface area contributed by atoms with Gasteiger partial charge in [-0.05, 0) is 31.3 Å². The average molecular weight is 236 g/mol. The van der Waals surface area contributed by atoms with Gasteiger partial charge in [0.15, 0.2) is 4.77 Å². The summed E-state index contributed by atoms with van der Waals surface area (Å²) in [6, 6.07) is 6.24. The first-order chi connectivity index (χ1) is 7.59. The van der Waals surface area contributed by atoms with Gasteiger partial charge in [-0.2, -0.15) is 0 Å². The summed E-state index contributed by atoms with van der Waals surface area (Å²) in [6.45, 7) is 1.62. The van der Waals surface area contributed by atoms with E-state index in [-0.39, 0.29) is 16.1 Å². The molecule has 1 aromatic carbocycles. The van der Waals surface area contributed by atoms with E-state index in [0.717, 1.165) is 0 Å². The number of H-pyrrole nitrogens is 2. The molecule has 2 N–H and O–H groups in total. The van der Waals surface area contributed by atoms with Crippen LogP contribution in [0.2, 0.25) is 0 Å². The molecule has 16 heavy (non-hydrogen) atoms. The van der Waals surface area contributed by atoms with E-state index < -0.39 is 0 Å². The molecule has 0 aliphatic rings. The van der Waals surface area contributed by atoms with E-state index in [1.165, 1.54) is 6.07 Å². The van der Waals surface area contributed by atoms with Gasteiger partial charge in [-0.3, -0.25) is 9.78 Å². The molecule has 0 amide bonds. The molecule has 1 aromatic heterocycles. The van der Waals surface area contributed by atoms with Crippen LogP contribution in [0.4, 0.5) is 4.39 Å². The molecule has 2 rings (SSSR count). The molecule has 0 aliphatic heterocycles. The van der Waals surface area contributed by atoms with Gasteiger partial charge in [0.05, 0.1) is 5.69 Å². The summed E-state index contributed by atoms with van der Waals surface area (Å²) in [4.78, 5) is 16.7. The molecule has 82 valence electrons. The second-order valence-corrected chi connectivity index (χ2v) is 3.80. The van der Waals surface area contributed by atoms with E-state index in [9.17, 15) is 9.18 Å². The first kappa shape index (κ1) is 10.8. The number of aromatic nitrogens is 2. The number of halogens is 1. The van der Waals surface area contributed by atoms with Crippen LogP contribution in [0.3, 0.4) is 0 Å². The molecule has 3 nitrogen and oxygen atoms in total. The zero-order chi connectivity index (χ0) is 11.7. The van der Waals surface area contributed by atoms with Crippen LogP contribution in [-0.4, -0.2) is 9.97 Å². The molecule has 0 unspecified atom stereocenters. The number of benzene rings is 1. The Kier molecular flexibility index (Phi) is 2.70. The fourth-order valence-electron chi connectivity index (χ4n) is 1.48. The summed E-state index contributed by atoms with van der Waals surface area (Å²) < 4.78 is 13.7. The van der Waals surface area contributed by atoms with Crippen LogP contribution >= 0.6 is 12.2 Å². The Hall–Kier alpha value is -1.75. The summed E-state index contributed by atoms with van der Waals surface area (Å²) >= 11 is 4.86. The molecular weight excluding hydrogens is 227 g/mol. The maximum absolute atomic E-state index is 13.6. The maximum atomic E-state index is 13.6. The van der Waals surface area contributed by atoms with Crippen molar-refractivity contribution >= 4 is 12.2 Å².